The Hall–Kier alpha value is -0.830. The van der Waals surface area contributed by atoms with Crippen LogP contribution in [0.1, 0.15) is 106 Å². The highest BCUT2D eigenvalue weighted by Gasteiger charge is 2.70. The number of hydrogen-bond acceptors (Lipinski definition) is 3. The zero-order chi connectivity index (χ0) is 24.0. The lowest BCUT2D eigenvalue weighted by molar-refractivity contribution is -0.243. The lowest BCUT2D eigenvalue weighted by Crippen LogP contribution is -2.66. The van der Waals surface area contributed by atoms with Crippen molar-refractivity contribution in [2.24, 2.45) is 61.8 Å². The van der Waals surface area contributed by atoms with E-state index in [-0.39, 0.29) is 16.9 Å². The molecule has 3 heteroatoms. The van der Waals surface area contributed by atoms with E-state index in [0.717, 1.165) is 25.2 Å². The Morgan fingerprint density at radius 1 is 0.848 bits per heavy atom. The van der Waals surface area contributed by atoms with E-state index in [1.54, 1.807) is 0 Å². The van der Waals surface area contributed by atoms with Crippen molar-refractivity contribution in [3.63, 3.8) is 0 Å². The Morgan fingerprint density at radius 3 is 2.24 bits per heavy atom. The first-order valence-electron chi connectivity index (χ1n) is 13.9. The van der Waals surface area contributed by atoms with Gasteiger partial charge in [0, 0.05) is 5.41 Å². The molecule has 0 heterocycles. The van der Waals surface area contributed by atoms with Crippen molar-refractivity contribution >= 4 is 6.21 Å². The molecule has 5 saturated carbocycles. The quantitative estimate of drug-likeness (QED) is 0.196. The van der Waals surface area contributed by atoms with Crippen LogP contribution in [-0.2, 0) is 0 Å². The van der Waals surface area contributed by atoms with Crippen LogP contribution in [0.15, 0.2) is 17.3 Å². The van der Waals surface area contributed by atoms with Crippen molar-refractivity contribution in [2.45, 2.75) is 112 Å². The van der Waals surface area contributed by atoms with Crippen LogP contribution in [0.5, 0.6) is 0 Å². The van der Waals surface area contributed by atoms with Gasteiger partial charge in [0.05, 0.1) is 12.3 Å². The minimum Gasteiger partial charge on any atom is -0.411 e. The molecule has 0 radical (unpaired) electrons. The third kappa shape index (κ3) is 2.87. The van der Waals surface area contributed by atoms with Crippen LogP contribution in [0, 0.1) is 56.7 Å². The van der Waals surface area contributed by atoms with Gasteiger partial charge in [-0.25, -0.2) is 0 Å². The molecule has 0 aromatic rings. The van der Waals surface area contributed by atoms with Gasteiger partial charge in [-0.05, 0) is 122 Å². The maximum absolute atomic E-state index is 10.9. The summed E-state index contributed by atoms with van der Waals surface area (Å²) >= 11 is 0. The Morgan fingerprint density at radius 2 is 1.58 bits per heavy atom. The number of hydrogen-bond donors (Lipinski definition) is 2. The first-order chi connectivity index (χ1) is 15.4. The van der Waals surface area contributed by atoms with E-state index in [0.29, 0.717) is 39.9 Å². The molecule has 0 amide bonds. The molecule has 3 nitrogen and oxygen atoms in total. The van der Waals surface area contributed by atoms with E-state index in [9.17, 15) is 10.3 Å². The van der Waals surface area contributed by atoms with Gasteiger partial charge >= 0.3 is 0 Å². The molecule has 0 spiro atoms. The fourth-order valence-corrected chi connectivity index (χ4v) is 11.5. The smallest absolute Gasteiger partial charge is 0.0594 e. The molecule has 5 aliphatic rings. The number of nitrogens with zero attached hydrogens (tertiary/aromatic N) is 1. The molecule has 10 atom stereocenters. The first-order valence-corrected chi connectivity index (χ1v) is 13.9. The van der Waals surface area contributed by atoms with Crippen LogP contribution in [0.2, 0.25) is 0 Å². The molecular formula is C30H49NO2. The summed E-state index contributed by atoms with van der Waals surface area (Å²) in [6.07, 6.45) is 13.9. The third-order valence-electron chi connectivity index (χ3n) is 13.4. The largest absolute Gasteiger partial charge is 0.411 e. The summed E-state index contributed by atoms with van der Waals surface area (Å²) in [5.74, 6) is 3.16. The van der Waals surface area contributed by atoms with Crippen LogP contribution in [0.4, 0.5) is 0 Å². The van der Waals surface area contributed by atoms with Crippen molar-refractivity contribution in [3.8, 4) is 0 Å². The summed E-state index contributed by atoms with van der Waals surface area (Å²) in [7, 11) is 0. The van der Waals surface area contributed by atoms with Crippen molar-refractivity contribution in [1.29, 1.82) is 0 Å². The predicted molar refractivity (Wildman–Crippen MR) is 135 cm³/mol. The normalized spacial score (nSPS) is 55.4. The van der Waals surface area contributed by atoms with Gasteiger partial charge in [-0.2, -0.15) is 0 Å². The monoisotopic (exact) mass is 455 g/mol. The predicted octanol–water partition coefficient (Wildman–Crippen LogP) is 7.46. The van der Waals surface area contributed by atoms with Crippen LogP contribution in [0.25, 0.3) is 0 Å². The van der Waals surface area contributed by atoms with Crippen molar-refractivity contribution in [3.05, 3.63) is 12.2 Å². The summed E-state index contributed by atoms with van der Waals surface area (Å²) in [5, 5.41) is 24.2. The van der Waals surface area contributed by atoms with E-state index in [4.69, 9.17) is 0 Å². The van der Waals surface area contributed by atoms with Crippen LogP contribution >= 0.6 is 0 Å². The van der Waals surface area contributed by atoms with Gasteiger partial charge in [-0.3, -0.25) is 0 Å². The van der Waals surface area contributed by atoms with Crippen molar-refractivity contribution in [1.82, 2.24) is 0 Å². The molecule has 33 heavy (non-hydrogen) atoms. The summed E-state index contributed by atoms with van der Waals surface area (Å²) in [6.45, 7) is 19.3. The summed E-state index contributed by atoms with van der Waals surface area (Å²) in [4.78, 5) is 0. The van der Waals surface area contributed by atoms with Gasteiger partial charge in [0.25, 0.3) is 0 Å². The molecule has 0 saturated heterocycles. The Labute approximate surface area is 202 Å². The SMILES string of the molecule is C=C(C)[C@@H]1CC[C@]2(/C=N/O)CC[C@]3(C)C(CCC4[C@@]5(C)CC[C@H](O)C(C)(C)C5CC[C@]43C)[C@@H]12. The summed E-state index contributed by atoms with van der Waals surface area (Å²) in [6, 6.07) is 0. The molecule has 186 valence electrons. The van der Waals surface area contributed by atoms with Gasteiger partial charge in [0.1, 0.15) is 0 Å². The highest BCUT2D eigenvalue weighted by atomic mass is 16.4. The molecule has 2 N–H and O–H groups in total. The fraction of sp³-hybridized carbons (Fsp3) is 0.900. The summed E-state index contributed by atoms with van der Waals surface area (Å²) in [5.41, 5.74) is 2.40. The lowest BCUT2D eigenvalue weighted by atomic mass is 9.32. The average Bonchev–Trinajstić information content (AvgIpc) is 3.12. The van der Waals surface area contributed by atoms with E-state index < -0.39 is 0 Å². The number of fused-ring (bicyclic) bond motifs is 7. The number of aliphatic hydroxyl groups is 1. The molecule has 5 aliphatic carbocycles. The number of oxime groups is 1. The highest BCUT2D eigenvalue weighted by Crippen LogP contribution is 2.77. The molecule has 0 bridgehead atoms. The molecule has 0 aromatic carbocycles. The maximum atomic E-state index is 10.9. The Balaban J connectivity index is 1.56. The minimum atomic E-state index is -0.158. The van der Waals surface area contributed by atoms with E-state index in [2.05, 4.69) is 53.3 Å². The zero-order valence-electron chi connectivity index (χ0n) is 22.2. The fourth-order valence-electron chi connectivity index (χ4n) is 11.5. The second-order valence-electron chi connectivity index (χ2n) is 14.5. The van der Waals surface area contributed by atoms with Crippen molar-refractivity contribution < 1.29 is 10.3 Å². The van der Waals surface area contributed by atoms with E-state index in [1.165, 1.54) is 50.5 Å². The molecule has 0 aromatic heterocycles. The van der Waals surface area contributed by atoms with Gasteiger partial charge in [0.2, 0.25) is 0 Å². The number of rotatable bonds is 2. The van der Waals surface area contributed by atoms with Crippen LogP contribution < -0.4 is 0 Å². The molecule has 3 unspecified atom stereocenters. The van der Waals surface area contributed by atoms with Crippen LogP contribution in [-0.4, -0.2) is 22.6 Å². The molecular weight excluding hydrogens is 406 g/mol. The lowest BCUT2D eigenvalue weighted by Gasteiger charge is -2.72. The average molecular weight is 456 g/mol. The van der Waals surface area contributed by atoms with Gasteiger partial charge in [-0.15, -0.1) is 5.16 Å². The molecule has 5 rings (SSSR count). The Kier molecular flexibility index (Phi) is 5.31. The van der Waals surface area contributed by atoms with E-state index >= 15 is 0 Å². The molecule has 5 fully saturated rings. The van der Waals surface area contributed by atoms with Gasteiger partial charge in [0.15, 0.2) is 0 Å². The standard InChI is InChI=1S/C30H49NO2/c1-19(2)20-10-15-30(18-31-33)17-16-28(6)21(25(20)30)8-9-23-27(5)13-12-24(32)26(3,4)22(27)11-14-29(23,28)7/h18,20-25,32-33H,1,8-17H2,2-7H3/b31-18+/t20-,21?,22?,23?,24-,25+,27-,28+,29+,30+/m0/s1. The van der Waals surface area contributed by atoms with E-state index in [1.807, 2.05) is 6.21 Å². The number of allylic oxidation sites excluding steroid dienone is 1. The summed E-state index contributed by atoms with van der Waals surface area (Å²) < 4.78 is 0. The zero-order valence-corrected chi connectivity index (χ0v) is 22.2. The van der Waals surface area contributed by atoms with Crippen molar-refractivity contribution in [2.75, 3.05) is 0 Å². The third-order valence-corrected chi connectivity index (χ3v) is 13.4. The van der Waals surface area contributed by atoms with Gasteiger partial charge < -0.3 is 10.3 Å². The topological polar surface area (TPSA) is 52.8 Å². The maximum Gasteiger partial charge on any atom is 0.0594 e. The van der Waals surface area contributed by atoms with Gasteiger partial charge in [-0.1, -0.05) is 46.8 Å². The second kappa shape index (κ2) is 7.34. The first kappa shape index (κ1) is 23.9. The minimum absolute atomic E-state index is 0.0158. The highest BCUT2D eigenvalue weighted by molar-refractivity contribution is 5.67. The number of aliphatic hydroxyl groups excluding tert-OH is 1. The molecule has 0 aliphatic heterocycles. The van der Waals surface area contributed by atoms with Crippen LogP contribution in [0.3, 0.4) is 0 Å². The Bertz CT molecular complexity index is 848. The second-order valence-corrected chi connectivity index (χ2v) is 14.5.